The molecule has 19 heavy (non-hydrogen) atoms. The molecule has 0 aliphatic carbocycles. The van der Waals surface area contributed by atoms with Crippen molar-refractivity contribution in [1.29, 1.82) is 0 Å². The van der Waals surface area contributed by atoms with Crippen LogP contribution in [0.5, 0.6) is 5.75 Å². The predicted octanol–water partition coefficient (Wildman–Crippen LogP) is 3.01. The molecule has 0 bridgehead atoms. The third-order valence-electron chi connectivity index (χ3n) is 2.12. The molecule has 0 fully saturated rings. The Morgan fingerprint density at radius 3 is 2.58 bits per heavy atom. The number of nitrogens with zero attached hydrogens (tertiary/aromatic N) is 1. The number of rotatable bonds is 6. The molecule has 0 amide bonds. The zero-order valence-electron chi connectivity index (χ0n) is 11.2. The number of guanidine groups is 1. The van der Waals surface area contributed by atoms with E-state index in [0.29, 0.717) is 25.0 Å². The molecular formula is C13H21BrIN3O. The second-order valence-corrected chi connectivity index (χ2v) is 5.26. The molecule has 4 nitrogen and oxygen atoms in total. The summed E-state index contributed by atoms with van der Waals surface area (Å²) in [7, 11) is 0. The van der Waals surface area contributed by atoms with E-state index in [0.717, 1.165) is 16.8 Å². The quantitative estimate of drug-likeness (QED) is 0.308. The first kappa shape index (κ1) is 18.5. The Balaban J connectivity index is 0.00000324. The Hall–Kier alpha value is -0.500. The summed E-state index contributed by atoms with van der Waals surface area (Å²) in [5.74, 6) is 1.84. The highest BCUT2D eigenvalue weighted by atomic mass is 127. The van der Waals surface area contributed by atoms with Crippen LogP contribution in [-0.4, -0.2) is 25.7 Å². The molecule has 0 saturated carbocycles. The molecule has 1 rings (SSSR count). The van der Waals surface area contributed by atoms with Gasteiger partial charge in [0.15, 0.2) is 5.96 Å². The van der Waals surface area contributed by atoms with Crippen LogP contribution >= 0.6 is 39.9 Å². The van der Waals surface area contributed by atoms with Crippen molar-refractivity contribution in [3.63, 3.8) is 0 Å². The van der Waals surface area contributed by atoms with Crippen LogP contribution in [0.3, 0.4) is 0 Å². The first-order chi connectivity index (χ1) is 8.58. The van der Waals surface area contributed by atoms with Crippen molar-refractivity contribution in [1.82, 2.24) is 5.32 Å². The van der Waals surface area contributed by atoms with Gasteiger partial charge in [0.25, 0.3) is 0 Å². The molecule has 0 atom stereocenters. The van der Waals surface area contributed by atoms with Crippen LogP contribution in [0.25, 0.3) is 0 Å². The van der Waals surface area contributed by atoms with Crippen LogP contribution in [0.2, 0.25) is 0 Å². The van der Waals surface area contributed by atoms with Crippen molar-refractivity contribution in [2.75, 3.05) is 19.7 Å². The lowest BCUT2D eigenvalue weighted by atomic mass is 10.2. The molecule has 0 aliphatic heterocycles. The molecule has 0 radical (unpaired) electrons. The lowest BCUT2D eigenvalue weighted by molar-refractivity contribution is 0.322. The van der Waals surface area contributed by atoms with Gasteiger partial charge in [-0.2, -0.15) is 0 Å². The highest BCUT2D eigenvalue weighted by Crippen LogP contribution is 2.15. The minimum Gasteiger partial charge on any atom is -0.492 e. The van der Waals surface area contributed by atoms with Gasteiger partial charge in [0.2, 0.25) is 0 Å². The van der Waals surface area contributed by atoms with Gasteiger partial charge in [0, 0.05) is 11.0 Å². The van der Waals surface area contributed by atoms with E-state index in [1.54, 1.807) is 0 Å². The van der Waals surface area contributed by atoms with E-state index in [2.05, 4.69) is 40.1 Å². The Labute approximate surface area is 140 Å². The van der Waals surface area contributed by atoms with E-state index < -0.39 is 0 Å². The molecule has 6 heteroatoms. The van der Waals surface area contributed by atoms with E-state index in [1.165, 1.54) is 0 Å². The first-order valence-corrected chi connectivity index (χ1v) is 6.79. The third kappa shape index (κ3) is 9.10. The lowest BCUT2D eigenvalue weighted by Gasteiger charge is -2.08. The number of aliphatic imine (C=N–C) groups is 1. The molecule has 0 spiro atoms. The minimum atomic E-state index is 0. The largest absolute Gasteiger partial charge is 0.492 e. The summed E-state index contributed by atoms with van der Waals surface area (Å²) in [6.07, 6.45) is 0. The molecule has 108 valence electrons. The number of ether oxygens (including phenoxy) is 1. The summed E-state index contributed by atoms with van der Waals surface area (Å²) in [4.78, 5) is 4.20. The molecule has 0 aromatic heterocycles. The SMILES string of the molecule is CC(C)CN=C(N)NCCOc1ccc(Br)cc1.I. The van der Waals surface area contributed by atoms with Gasteiger partial charge in [-0.15, -0.1) is 24.0 Å². The topological polar surface area (TPSA) is 59.6 Å². The Kier molecular flexibility index (Phi) is 10.0. The molecule has 3 N–H and O–H groups in total. The summed E-state index contributed by atoms with van der Waals surface area (Å²) in [5, 5.41) is 3.01. The third-order valence-corrected chi connectivity index (χ3v) is 2.65. The maximum Gasteiger partial charge on any atom is 0.188 e. The fourth-order valence-corrected chi connectivity index (χ4v) is 1.48. The van der Waals surface area contributed by atoms with Crippen molar-refractivity contribution in [3.8, 4) is 5.75 Å². The summed E-state index contributed by atoms with van der Waals surface area (Å²) >= 11 is 3.38. The highest BCUT2D eigenvalue weighted by molar-refractivity contribution is 14.0. The van der Waals surface area contributed by atoms with Gasteiger partial charge >= 0.3 is 0 Å². The monoisotopic (exact) mass is 441 g/mol. The van der Waals surface area contributed by atoms with E-state index >= 15 is 0 Å². The van der Waals surface area contributed by atoms with Crippen molar-refractivity contribution >= 4 is 45.9 Å². The van der Waals surface area contributed by atoms with Crippen molar-refractivity contribution in [2.45, 2.75) is 13.8 Å². The van der Waals surface area contributed by atoms with Gasteiger partial charge in [-0.1, -0.05) is 29.8 Å². The fourth-order valence-electron chi connectivity index (χ4n) is 1.22. The normalized spacial score (nSPS) is 11.1. The molecule has 0 heterocycles. The average Bonchev–Trinajstić information content (AvgIpc) is 2.34. The molecule has 0 unspecified atom stereocenters. The molecule has 0 aliphatic rings. The average molecular weight is 442 g/mol. The van der Waals surface area contributed by atoms with Crippen molar-refractivity contribution < 1.29 is 4.74 Å². The summed E-state index contributed by atoms with van der Waals surface area (Å²) in [6.45, 7) is 6.15. The van der Waals surface area contributed by atoms with Crippen LogP contribution in [0.4, 0.5) is 0 Å². The van der Waals surface area contributed by atoms with E-state index in [1.807, 2.05) is 24.3 Å². The summed E-state index contributed by atoms with van der Waals surface area (Å²) in [6, 6.07) is 7.73. The summed E-state index contributed by atoms with van der Waals surface area (Å²) in [5.41, 5.74) is 5.70. The highest BCUT2D eigenvalue weighted by Gasteiger charge is 1.96. The van der Waals surface area contributed by atoms with E-state index in [9.17, 15) is 0 Å². The first-order valence-electron chi connectivity index (χ1n) is 6.00. The van der Waals surface area contributed by atoms with Crippen LogP contribution in [0.1, 0.15) is 13.8 Å². The van der Waals surface area contributed by atoms with Crippen LogP contribution < -0.4 is 15.8 Å². The Morgan fingerprint density at radius 2 is 2.00 bits per heavy atom. The number of hydrogen-bond acceptors (Lipinski definition) is 2. The number of halogens is 2. The number of nitrogens with one attached hydrogen (secondary N) is 1. The Morgan fingerprint density at radius 1 is 1.37 bits per heavy atom. The fraction of sp³-hybridized carbons (Fsp3) is 0.462. The second kappa shape index (κ2) is 10.3. The molecule has 0 saturated heterocycles. The molecular weight excluding hydrogens is 421 g/mol. The molecule has 1 aromatic carbocycles. The van der Waals surface area contributed by atoms with E-state index in [-0.39, 0.29) is 24.0 Å². The predicted molar refractivity (Wildman–Crippen MR) is 94.4 cm³/mol. The van der Waals surface area contributed by atoms with Crippen LogP contribution in [0.15, 0.2) is 33.7 Å². The number of hydrogen-bond donors (Lipinski definition) is 2. The van der Waals surface area contributed by atoms with Gasteiger partial charge in [0.1, 0.15) is 12.4 Å². The number of benzene rings is 1. The minimum absolute atomic E-state index is 0. The maximum absolute atomic E-state index is 5.70. The summed E-state index contributed by atoms with van der Waals surface area (Å²) < 4.78 is 6.58. The van der Waals surface area contributed by atoms with E-state index in [4.69, 9.17) is 10.5 Å². The zero-order chi connectivity index (χ0) is 13.4. The van der Waals surface area contributed by atoms with Crippen LogP contribution in [-0.2, 0) is 0 Å². The van der Waals surface area contributed by atoms with Crippen LogP contribution in [0, 0.1) is 5.92 Å². The van der Waals surface area contributed by atoms with Crippen molar-refractivity contribution in [3.05, 3.63) is 28.7 Å². The number of nitrogens with two attached hydrogens (primary N) is 1. The van der Waals surface area contributed by atoms with Gasteiger partial charge < -0.3 is 15.8 Å². The van der Waals surface area contributed by atoms with Gasteiger partial charge in [-0.3, -0.25) is 4.99 Å². The Bertz CT molecular complexity index is 382. The van der Waals surface area contributed by atoms with Gasteiger partial charge in [-0.05, 0) is 30.2 Å². The second-order valence-electron chi connectivity index (χ2n) is 4.35. The van der Waals surface area contributed by atoms with Crippen molar-refractivity contribution in [2.24, 2.45) is 16.6 Å². The van der Waals surface area contributed by atoms with Gasteiger partial charge in [-0.25, -0.2) is 0 Å². The standard InChI is InChI=1S/C13H20BrN3O.HI/c1-10(2)9-17-13(15)16-7-8-18-12-5-3-11(14)4-6-12;/h3-6,10H,7-9H2,1-2H3,(H3,15,16,17);1H. The lowest BCUT2D eigenvalue weighted by Crippen LogP contribution is -2.35. The molecule has 1 aromatic rings. The zero-order valence-corrected chi connectivity index (χ0v) is 15.1. The maximum atomic E-state index is 5.70. The van der Waals surface area contributed by atoms with Gasteiger partial charge in [0.05, 0.1) is 6.54 Å². The smallest absolute Gasteiger partial charge is 0.188 e.